The lowest BCUT2D eigenvalue weighted by Crippen LogP contribution is -1.99. The van der Waals surface area contributed by atoms with Crippen LogP contribution < -0.4 is 20.9 Å². The number of rotatable bonds is 3. The Labute approximate surface area is 105 Å². The lowest BCUT2D eigenvalue weighted by molar-refractivity contribution is 0.374. The molecule has 0 bridgehead atoms. The van der Waals surface area contributed by atoms with Crippen molar-refractivity contribution in [3.8, 4) is 17.4 Å². The minimum atomic E-state index is 0.249. The molecule has 1 aromatic heterocycles. The van der Waals surface area contributed by atoms with Crippen LogP contribution in [-0.2, 0) is 0 Å². The Bertz CT molecular complexity index is 570. The molecule has 1 aromatic carbocycles. The lowest BCUT2D eigenvalue weighted by Gasteiger charge is -2.10. The summed E-state index contributed by atoms with van der Waals surface area (Å²) < 4.78 is 10.9. The first kappa shape index (κ1) is 12.0. The Morgan fingerprint density at radius 3 is 2.50 bits per heavy atom. The van der Waals surface area contributed by atoms with Crippen molar-refractivity contribution in [2.24, 2.45) is 0 Å². The highest BCUT2D eigenvalue weighted by atomic mass is 16.5. The van der Waals surface area contributed by atoms with Gasteiger partial charge in [-0.3, -0.25) is 0 Å². The Morgan fingerprint density at radius 2 is 1.83 bits per heavy atom. The van der Waals surface area contributed by atoms with Gasteiger partial charge in [0.15, 0.2) is 17.3 Å². The fourth-order valence-electron chi connectivity index (χ4n) is 1.50. The average molecular weight is 245 g/mol. The number of aromatic nitrogens is 1. The number of nitrogens with zero attached hydrogens (tertiary/aromatic N) is 1. The number of anilines is 2. The second-order valence-corrected chi connectivity index (χ2v) is 3.88. The van der Waals surface area contributed by atoms with Gasteiger partial charge in [-0.15, -0.1) is 0 Å². The Balaban J connectivity index is 2.30. The standard InChI is InChI=1S/C13H15N3O2/c1-8-3-5-10(11(7-8)17-2)18-12-6-4-9(14)13(15)16-12/h3-7H,14H2,1-2H3,(H2,15,16). The maximum absolute atomic E-state index is 5.62. The maximum atomic E-state index is 5.62. The van der Waals surface area contributed by atoms with Crippen LogP contribution in [0.3, 0.4) is 0 Å². The summed E-state index contributed by atoms with van der Waals surface area (Å²) in [5.74, 6) is 1.86. The van der Waals surface area contributed by atoms with Gasteiger partial charge < -0.3 is 20.9 Å². The van der Waals surface area contributed by atoms with Crippen LogP contribution in [0.15, 0.2) is 30.3 Å². The quantitative estimate of drug-likeness (QED) is 0.867. The van der Waals surface area contributed by atoms with E-state index in [4.69, 9.17) is 20.9 Å². The van der Waals surface area contributed by atoms with E-state index in [1.807, 2.05) is 25.1 Å². The molecule has 0 radical (unpaired) electrons. The molecule has 0 aliphatic heterocycles. The third-order valence-corrected chi connectivity index (χ3v) is 2.47. The summed E-state index contributed by atoms with van der Waals surface area (Å²) >= 11 is 0. The number of methoxy groups -OCH3 is 1. The van der Waals surface area contributed by atoms with Crippen LogP contribution in [-0.4, -0.2) is 12.1 Å². The summed E-state index contributed by atoms with van der Waals surface area (Å²) in [6, 6.07) is 8.94. The zero-order valence-corrected chi connectivity index (χ0v) is 10.3. The lowest BCUT2D eigenvalue weighted by atomic mass is 10.2. The number of hydrogen-bond donors (Lipinski definition) is 2. The molecule has 2 aromatic rings. The number of nitrogens with two attached hydrogens (primary N) is 2. The van der Waals surface area contributed by atoms with E-state index in [0.717, 1.165) is 5.56 Å². The van der Waals surface area contributed by atoms with Gasteiger partial charge in [0.05, 0.1) is 12.8 Å². The molecule has 0 atom stereocenters. The predicted molar refractivity (Wildman–Crippen MR) is 70.9 cm³/mol. The van der Waals surface area contributed by atoms with Gasteiger partial charge in [-0.1, -0.05) is 6.07 Å². The van der Waals surface area contributed by atoms with E-state index in [2.05, 4.69) is 4.98 Å². The molecule has 0 aliphatic rings. The van der Waals surface area contributed by atoms with E-state index in [9.17, 15) is 0 Å². The normalized spacial score (nSPS) is 10.1. The molecule has 0 amide bonds. The van der Waals surface area contributed by atoms with Crippen molar-refractivity contribution in [1.29, 1.82) is 0 Å². The van der Waals surface area contributed by atoms with Crippen LogP contribution >= 0.6 is 0 Å². The number of pyridine rings is 1. The highest BCUT2D eigenvalue weighted by molar-refractivity contribution is 5.59. The molecule has 1 heterocycles. The molecular formula is C13H15N3O2. The van der Waals surface area contributed by atoms with Crippen molar-refractivity contribution in [1.82, 2.24) is 4.98 Å². The van der Waals surface area contributed by atoms with Crippen molar-refractivity contribution in [3.05, 3.63) is 35.9 Å². The zero-order valence-electron chi connectivity index (χ0n) is 10.3. The second kappa shape index (κ2) is 4.83. The minimum absolute atomic E-state index is 0.249. The number of ether oxygens (including phenoxy) is 2. The number of benzene rings is 1. The maximum Gasteiger partial charge on any atom is 0.221 e. The summed E-state index contributed by atoms with van der Waals surface area (Å²) in [6.07, 6.45) is 0. The topological polar surface area (TPSA) is 83.4 Å². The largest absolute Gasteiger partial charge is 0.493 e. The zero-order chi connectivity index (χ0) is 13.1. The van der Waals surface area contributed by atoms with Crippen molar-refractivity contribution in [2.45, 2.75) is 6.92 Å². The van der Waals surface area contributed by atoms with Gasteiger partial charge in [0, 0.05) is 6.07 Å². The van der Waals surface area contributed by atoms with Crippen LogP contribution in [0.1, 0.15) is 5.56 Å². The SMILES string of the molecule is COc1cc(C)ccc1Oc1ccc(N)c(N)n1. The van der Waals surface area contributed by atoms with Crippen LogP contribution in [0.5, 0.6) is 17.4 Å². The van der Waals surface area contributed by atoms with Crippen molar-refractivity contribution >= 4 is 11.5 Å². The van der Waals surface area contributed by atoms with Gasteiger partial charge in [0.2, 0.25) is 5.88 Å². The molecule has 0 unspecified atom stereocenters. The number of hydrogen-bond acceptors (Lipinski definition) is 5. The molecule has 0 saturated carbocycles. The van der Waals surface area contributed by atoms with Gasteiger partial charge >= 0.3 is 0 Å². The molecule has 94 valence electrons. The molecule has 0 spiro atoms. The van der Waals surface area contributed by atoms with Crippen molar-refractivity contribution in [2.75, 3.05) is 18.6 Å². The summed E-state index contributed by atoms with van der Waals surface area (Å²) in [5.41, 5.74) is 12.7. The summed E-state index contributed by atoms with van der Waals surface area (Å²) in [6.45, 7) is 1.98. The first-order chi connectivity index (χ1) is 8.60. The molecule has 5 heteroatoms. The van der Waals surface area contributed by atoms with E-state index in [1.165, 1.54) is 0 Å². The van der Waals surface area contributed by atoms with Gasteiger partial charge in [-0.2, -0.15) is 4.98 Å². The Kier molecular flexibility index (Phi) is 3.23. The predicted octanol–water partition coefficient (Wildman–Crippen LogP) is 2.36. The van der Waals surface area contributed by atoms with E-state index >= 15 is 0 Å². The first-order valence-corrected chi connectivity index (χ1v) is 5.44. The molecule has 4 N–H and O–H groups in total. The summed E-state index contributed by atoms with van der Waals surface area (Å²) in [7, 11) is 1.59. The summed E-state index contributed by atoms with van der Waals surface area (Å²) in [5, 5.41) is 0. The van der Waals surface area contributed by atoms with Crippen molar-refractivity contribution < 1.29 is 9.47 Å². The van der Waals surface area contributed by atoms with Crippen LogP contribution in [0.4, 0.5) is 11.5 Å². The molecule has 0 saturated heterocycles. The third kappa shape index (κ3) is 2.45. The van der Waals surface area contributed by atoms with Gasteiger partial charge in [0.1, 0.15) is 0 Å². The fraction of sp³-hybridized carbons (Fsp3) is 0.154. The van der Waals surface area contributed by atoms with E-state index < -0.39 is 0 Å². The second-order valence-electron chi connectivity index (χ2n) is 3.88. The van der Waals surface area contributed by atoms with Crippen LogP contribution in [0.25, 0.3) is 0 Å². The summed E-state index contributed by atoms with van der Waals surface area (Å²) in [4.78, 5) is 4.04. The smallest absolute Gasteiger partial charge is 0.221 e. The van der Waals surface area contributed by atoms with Crippen LogP contribution in [0, 0.1) is 6.92 Å². The van der Waals surface area contributed by atoms with Crippen molar-refractivity contribution in [3.63, 3.8) is 0 Å². The Morgan fingerprint density at radius 1 is 1.06 bits per heavy atom. The Hall–Kier alpha value is -2.43. The van der Waals surface area contributed by atoms with Crippen LogP contribution in [0.2, 0.25) is 0 Å². The first-order valence-electron chi connectivity index (χ1n) is 5.44. The third-order valence-electron chi connectivity index (χ3n) is 2.47. The van der Waals surface area contributed by atoms with Gasteiger partial charge in [0.25, 0.3) is 0 Å². The minimum Gasteiger partial charge on any atom is -0.493 e. The number of aryl methyl sites for hydroxylation is 1. The molecule has 18 heavy (non-hydrogen) atoms. The number of nitrogen functional groups attached to an aromatic ring is 2. The highest BCUT2D eigenvalue weighted by Crippen LogP contribution is 2.32. The van der Waals surface area contributed by atoms with E-state index in [-0.39, 0.29) is 5.82 Å². The van der Waals surface area contributed by atoms with Gasteiger partial charge in [-0.25, -0.2) is 0 Å². The highest BCUT2D eigenvalue weighted by Gasteiger charge is 2.07. The fourth-order valence-corrected chi connectivity index (χ4v) is 1.50. The molecule has 5 nitrogen and oxygen atoms in total. The molecule has 0 aliphatic carbocycles. The average Bonchev–Trinajstić information content (AvgIpc) is 2.36. The van der Waals surface area contributed by atoms with Gasteiger partial charge in [-0.05, 0) is 30.7 Å². The van der Waals surface area contributed by atoms with E-state index in [0.29, 0.717) is 23.1 Å². The monoisotopic (exact) mass is 245 g/mol. The molecule has 2 rings (SSSR count). The molecule has 0 fully saturated rings. The molecular weight excluding hydrogens is 230 g/mol. The van der Waals surface area contributed by atoms with E-state index in [1.54, 1.807) is 19.2 Å².